The second-order valence-electron chi connectivity index (χ2n) is 4.56. The Morgan fingerprint density at radius 1 is 1.35 bits per heavy atom. The average molecular weight is 306 g/mol. The Morgan fingerprint density at radius 2 is 2.10 bits per heavy atom. The van der Waals surface area contributed by atoms with Crippen molar-refractivity contribution < 1.29 is 23.1 Å². The number of carbonyl (C=O) groups excluding carboxylic acids is 1. The van der Waals surface area contributed by atoms with E-state index in [9.17, 15) is 23.1 Å². The Hall–Kier alpha value is -1.41. The smallest absolute Gasteiger partial charge is 0.319 e. The van der Waals surface area contributed by atoms with Gasteiger partial charge in [0.25, 0.3) is 0 Å². The van der Waals surface area contributed by atoms with Crippen LogP contribution >= 0.6 is 11.8 Å². The highest BCUT2D eigenvalue weighted by Gasteiger charge is 2.32. The summed E-state index contributed by atoms with van der Waals surface area (Å²) >= 11 is 1.57. The third-order valence-electron chi connectivity index (χ3n) is 2.94. The Morgan fingerprint density at radius 3 is 2.75 bits per heavy atom. The first-order chi connectivity index (χ1) is 9.41. The Kier molecular flexibility index (Phi) is 4.44. The number of benzene rings is 1. The van der Waals surface area contributed by atoms with E-state index in [0.717, 1.165) is 17.9 Å². The summed E-state index contributed by atoms with van der Waals surface area (Å²) in [5.74, 6) is -3.13. The van der Waals surface area contributed by atoms with Crippen LogP contribution in [0.5, 0.6) is 0 Å². The molecule has 1 saturated heterocycles. The quantitative estimate of drug-likeness (QED) is 0.749. The molecule has 0 aliphatic carbocycles. The van der Waals surface area contributed by atoms with Crippen molar-refractivity contribution in [3.05, 3.63) is 29.6 Å². The minimum atomic E-state index is -1.64. The molecule has 1 heterocycles. The van der Waals surface area contributed by atoms with Gasteiger partial charge in [-0.15, -0.1) is 0 Å². The third kappa shape index (κ3) is 3.37. The molecule has 0 saturated carbocycles. The molecular formula is C12H13F3N2O2S. The lowest BCUT2D eigenvalue weighted by Gasteiger charge is -2.21. The van der Waals surface area contributed by atoms with Crippen LogP contribution in [0.3, 0.4) is 0 Å². The van der Waals surface area contributed by atoms with Crippen LogP contribution in [0.4, 0.5) is 23.7 Å². The predicted octanol–water partition coefficient (Wildman–Crippen LogP) is 2.09. The number of halogens is 3. The zero-order valence-electron chi connectivity index (χ0n) is 10.4. The molecule has 3 N–H and O–H groups in total. The summed E-state index contributed by atoms with van der Waals surface area (Å²) in [6.45, 7) is 0.0110. The van der Waals surface area contributed by atoms with E-state index in [-0.39, 0.29) is 6.54 Å². The first-order valence-corrected chi connectivity index (χ1v) is 7.05. The molecule has 1 unspecified atom stereocenters. The van der Waals surface area contributed by atoms with Crippen molar-refractivity contribution >= 4 is 23.5 Å². The highest BCUT2D eigenvalue weighted by Crippen LogP contribution is 2.27. The van der Waals surface area contributed by atoms with Gasteiger partial charge in [0.1, 0.15) is 0 Å². The normalized spacial score (nSPS) is 21.8. The van der Waals surface area contributed by atoms with Crippen LogP contribution < -0.4 is 10.6 Å². The van der Waals surface area contributed by atoms with Gasteiger partial charge < -0.3 is 15.7 Å². The number of anilines is 1. The van der Waals surface area contributed by atoms with Crippen molar-refractivity contribution in [3.63, 3.8) is 0 Å². The topological polar surface area (TPSA) is 61.4 Å². The standard InChI is InChI=1S/C12H13F3N2O2S/c13-7-1-2-8(10(15)9(7)14)17-11(18)16-5-12(19)3-4-20-6-12/h1-2,19H,3-6H2,(H2,16,17,18). The second-order valence-corrected chi connectivity index (χ2v) is 5.66. The predicted molar refractivity (Wildman–Crippen MR) is 70.2 cm³/mol. The van der Waals surface area contributed by atoms with Crippen LogP contribution in [0.25, 0.3) is 0 Å². The second kappa shape index (κ2) is 5.92. The first-order valence-electron chi connectivity index (χ1n) is 5.90. The lowest BCUT2D eigenvalue weighted by molar-refractivity contribution is 0.0706. The molecule has 20 heavy (non-hydrogen) atoms. The molecule has 0 aromatic heterocycles. The minimum Gasteiger partial charge on any atom is -0.387 e. The average Bonchev–Trinajstić information content (AvgIpc) is 2.85. The van der Waals surface area contributed by atoms with E-state index in [0.29, 0.717) is 12.2 Å². The van der Waals surface area contributed by atoms with Crippen molar-refractivity contribution in [1.29, 1.82) is 0 Å². The van der Waals surface area contributed by atoms with Gasteiger partial charge in [0, 0.05) is 12.3 Å². The summed E-state index contributed by atoms with van der Waals surface area (Å²) in [6.07, 6.45) is 0.553. The molecule has 1 fully saturated rings. The number of urea groups is 1. The number of amides is 2. The van der Waals surface area contributed by atoms with Crippen molar-refractivity contribution in [3.8, 4) is 0 Å². The number of hydrogen-bond donors (Lipinski definition) is 3. The summed E-state index contributed by atoms with van der Waals surface area (Å²) in [6, 6.07) is 0.850. The minimum absolute atomic E-state index is 0.0110. The van der Waals surface area contributed by atoms with Gasteiger partial charge in [-0.05, 0) is 24.3 Å². The molecule has 0 bridgehead atoms. The number of nitrogens with one attached hydrogen (secondary N) is 2. The van der Waals surface area contributed by atoms with Gasteiger partial charge >= 0.3 is 6.03 Å². The molecule has 1 aromatic carbocycles. The number of hydrogen-bond acceptors (Lipinski definition) is 3. The summed E-state index contributed by atoms with van der Waals surface area (Å²) in [5, 5.41) is 14.4. The Bertz CT molecular complexity index is 522. The maximum absolute atomic E-state index is 13.3. The maximum atomic E-state index is 13.3. The number of thioether (sulfide) groups is 1. The van der Waals surface area contributed by atoms with Gasteiger partial charge in [0.2, 0.25) is 0 Å². The highest BCUT2D eigenvalue weighted by atomic mass is 32.2. The van der Waals surface area contributed by atoms with E-state index in [4.69, 9.17) is 0 Å². The van der Waals surface area contributed by atoms with Crippen LogP contribution in [0.15, 0.2) is 12.1 Å². The summed E-state index contributed by atoms with van der Waals surface area (Å²) in [4.78, 5) is 11.5. The fourth-order valence-electron chi connectivity index (χ4n) is 1.77. The molecule has 4 nitrogen and oxygen atoms in total. The molecule has 8 heteroatoms. The van der Waals surface area contributed by atoms with E-state index in [2.05, 4.69) is 10.6 Å². The summed E-state index contributed by atoms with van der Waals surface area (Å²) in [5.41, 5.74) is -1.44. The van der Waals surface area contributed by atoms with Gasteiger partial charge in [0.15, 0.2) is 17.5 Å². The zero-order chi connectivity index (χ0) is 14.8. The van der Waals surface area contributed by atoms with Gasteiger partial charge in [-0.2, -0.15) is 11.8 Å². The van der Waals surface area contributed by atoms with Crippen LogP contribution in [0, 0.1) is 17.5 Å². The fourth-order valence-corrected chi connectivity index (χ4v) is 3.06. The van der Waals surface area contributed by atoms with E-state index in [1.807, 2.05) is 0 Å². The third-order valence-corrected chi connectivity index (χ3v) is 4.18. The van der Waals surface area contributed by atoms with E-state index in [1.165, 1.54) is 0 Å². The van der Waals surface area contributed by atoms with E-state index in [1.54, 1.807) is 11.8 Å². The molecule has 0 spiro atoms. The lowest BCUT2D eigenvalue weighted by atomic mass is 10.0. The van der Waals surface area contributed by atoms with Crippen molar-refractivity contribution in [2.45, 2.75) is 12.0 Å². The van der Waals surface area contributed by atoms with Gasteiger partial charge in [-0.1, -0.05) is 0 Å². The van der Waals surface area contributed by atoms with Gasteiger partial charge in [-0.25, -0.2) is 18.0 Å². The molecule has 1 aliphatic heterocycles. The Labute approximate surface area is 117 Å². The monoisotopic (exact) mass is 306 g/mol. The summed E-state index contributed by atoms with van der Waals surface area (Å²) < 4.78 is 39.0. The molecule has 1 aromatic rings. The van der Waals surface area contributed by atoms with Crippen LogP contribution in [-0.2, 0) is 0 Å². The fraction of sp³-hybridized carbons (Fsp3) is 0.417. The lowest BCUT2D eigenvalue weighted by Crippen LogP contribution is -2.44. The zero-order valence-corrected chi connectivity index (χ0v) is 11.2. The molecular weight excluding hydrogens is 293 g/mol. The first kappa shape index (κ1) is 15.0. The van der Waals surface area contributed by atoms with E-state index >= 15 is 0 Å². The molecule has 0 radical (unpaired) electrons. The summed E-state index contributed by atoms with van der Waals surface area (Å²) in [7, 11) is 0. The van der Waals surface area contributed by atoms with Crippen molar-refractivity contribution in [2.75, 3.05) is 23.4 Å². The van der Waals surface area contributed by atoms with Crippen LogP contribution in [0.2, 0.25) is 0 Å². The largest absolute Gasteiger partial charge is 0.387 e. The number of aliphatic hydroxyl groups is 1. The Balaban J connectivity index is 1.93. The number of carbonyl (C=O) groups is 1. The molecule has 2 rings (SSSR count). The van der Waals surface area contributed by atoms with Crippen LogP contribution in [0.1, 0.15) is 6.42 Å². The molecule has 1 aliphatic rings. The number of rotatable bonds is 3. The van der Waals surface area contributed by atoms with E-state index < -0.39 is 34.8 Å². The molecule has 2 amide bonds. The van der Waals surface area contributed by atoms with Crippen LogP contribution in [-0.4, -0.2) is 34.8 Å². The van der Waals surface area contributed by atoms with Crippen molar-refractivity contribution in [1.82, 2.24) is 5.32 Å². The maximum Gasteiger partial charge on any atom is 0.319 e. The highest BCUT2D eigenvalue weighted by molar-refractivity contribution is 7.99. The SMILES string of the molecule is O=C(NCC1(O)CCSC1)Nc1ccc(F)c(F)c1F. The van der Waals surface area contributed by atoms with Gasteiger partial charge in [-0.3, -0.25) is 0 Å². The molecule has 110 valence electrons. The van der Waals surface area contributed by atoms with Gasteiger partial charge in [0.05, 0.1) is 11.3 Å². The molecule has 1 atom stereocenters. The van der Waals surface area contributed by atoms with Crippen molar-refractivity contribution in [2.24, 2.45) is 0 Å².